The molecule has 0 radical (unpaired) electrons. The Kier molecular flexibility index (Phi) is 7.10. The van der Waals surface area contributed by atoms with E-state index in [9.17, 15) is 4.79 Å². The molecular formula is C19H24N6O2S. The lowest BCUT2D eigenvalue weighted by Gasteiger charge is -2.34. The zero-order valence-corrected chi connectivity index (χ0v) is 16.6. The van der Waals surface area contributed by atoms with Crippen LogP contribution in [0.25, 0.3) is 0 Å². The summed E-state index contributed by atoms with van der Waals surface area (Å²) in [5.41, 5.74) is 1.08. The molecule has 0 amide bonds. The molecule has 0 aliphatic carbocycles. The van der Waals surface area contributed by atoms with Gasteiger partial charge in [-0.2, -0.15) is 0 Å². The number of carbonyl (C=O) groups is 1. The van der Waals surface area contributed by atoms with Crippen molar-refractivity contribution in [2.45, 2.75) is 0 Å². The summed E-state index contributed by atoms with van der Waals surface area (Å²) < 4.78 is 4.80. The van der Waals surface area contributed by atoms with E-state index in [1.807, 2.05) is 12.1 Å². The molecule has 8 nitrogen and oxygen atoms in total. The van der Waals surface area contributed by atoms with Gasteiger partial charge >= 0.3 is 5.97 Å². The molecule has 1 aliphatic heterocycles. The number of nitrogens with zero attached hydrogens (tertiary/aromatic N) is 4. The van der Waals surface area contributed by atoms with Gasteiger partial charge in [0.1, 0.15) is 0 Å². The van der Waals surface area contributed by atoms with Crippen molar-refractivity contribution in [3.05, 3.63) is 48.3 Å². The van der Waals surface area contributed by atoms with Crippen molar-refractivity contribution in [3.8, 4) is 0 Å². The number of hydrogen-bond acceptors (Lipinski definition) is 7. The minimum Gasteiger partial charge on any atom is -0.465 e. The van der Waals surface area contributed by atoms with E-state index in [2.05, 4.69) is 30.4 Å². The molecule has 1 fully saturated rings. The summed E-state index contributed by atoms with van der Waals surface area (Å²) in [5, 5.41) is 6.74. The highest BCUT2D eigenvalue weighted by Crippen LogP contribution is 2.15. The van der Waals surface area contributed by atoms with Gasteiger partial charge in [-0.15, -0.1) is 0 Å². The average Bonchev–Trinajstić information content (AvgIpc) is 2.75. The van der Waals surface area contributed by atoms with Crippen LogP contribution in [0.1, 0.15) is 10.4 Å². The SMILES string of the molecule is COC(=O)c1ccccc1NC(=S)NCCN1CCN(c2ncccn2)CC1. The number of nitrogens with one attached hydrogen (secondary N) is 2. The summed E-state index contributed by atoms with van der Waals surface area (Å²) >= 11 is 5.35. The van der Waals surface area contributed by atoms with Crippen LogP contribution in [-0.2, 0) is 4.74 Å². The highest BCUT2D eigenvalue weighted by molar-refractivity contribution is 7.80. The first-order valence-electron chi connectivity index (χ1n) is 9.14. The Hall–Kier alpha value is -2.78. The molecule has 0 spiro atoms. The largest absolute Gasteiger partial charge is 0.465 e. The number of thiocarbonyl (C=S) groups is 1. The number of benzene rings is 1. The number of methoxy groups -OCH3 is 1. The van der Waals surface area contributed by atoms with Crippen molar-refractivity contribution in [2.75, 3.05) is 56.6 Å². The third kappa shape index (κ3) is 5.37. The molecular weight excluding hydrogens is 376 g/mol. The van der Waals surface area contributed by atoms with Crippen LogP contribution in [-0.4, -0.2) is 72.3 Å². The molecule has 148 valence electrons. The van der Waals surface area contributed by atoms with Crippen LogP contribution in [0, 0.1) is 0 Å². The maximum Gasteiger partial charge on any atom is 0.339 e. The lowest BCUT2D eigenvalue weighted by atomic mass is 10.2. The molecule has 9 heteroatoms. The van der Waals surface area contributed by atoms with Crippen molar-refractivity contribution in [2.24, 2.45) is 0 Å². The Balaban J connectivity index is 1.40. The van der Waals surface area contributed by atoms with Gasteiger partial charge in [-0.3, -0.25) is 4.90 Å². The van der Waals surface area contributed by atoms with E-state index in [1.54, 1.807) is 30.6 Å². The predicted octanol–water partition coefficient (Wildman–Crippen LogP) is 1.37. The fourth-order valence-corrected chi connectivity index (χ4v) is 3.21. The summed E-state index contributed by atoms with van der Waals surface area (Å²) in [5.74, 6) is 0.390. The van der Waals surface area contributed by atoms with Gasteiger partial charge in [0.05, 0.1) is 18.4 Å². The van der Waals surface area contributed by atoms with E-state index < -0.39 is 5.97 Å². The van der Waals surface area contributed by atoms with Crippen LogP contribution in [0.2, 0.25) is 0 Å². The maximum atomic E-state index is 11.8. The van der Waals surface area contributed by atoms with E-state index in [0.717, 1.165) is 38.7 Å². The van der Waals surface area contributed by atoms with Gasteiger partial charge in [0.15, 0.2) is 5.11 Å². The van der Waals surface area contributed by atoms with Gasteiger partial charge in [0, 0.05) is 51.7 Å². The molecule has 3 rings (SSSR count). The molecule has 1 saturated heterocycles. The van der Waals surface area contributed by atoms with Crippen LogP contribution in [0.15, 0.2) is 42.7 Å². The number of carbonyl (C=O) groups excluding carboxylic acids is 1. The first-order valence-corrected chi connectivity index (χ1v) is 9.54. The maximum absolute atomic E-state index is 11.8. The van der Waals surface area contributed by atoms with Gasteiger partial charge < -0.3 is 20.3 Å². The number of rotatable bonds is 6. The minimum absolute atomic E-state index is 0.397. The van der Waals surface area contributed by atoms with Gasteiger partial charge in [-0.25, -0.2) is 14.8 Å². The molecule has 2 heterocycles. The molecule has 0 bridgehead atoms. The van der Waals surface area contributed by atoms with Crippen molar-refractivity contribution < 1.29 is 9.53 Å². The monoisotopic (exact) mass is 400 g/mol. The predicted molar refractivity (Wildman–Crippen MR) is 113 cm³/mol. The first kappa shape index (κ1) is 20.0. The normalized spacial score (nSPS) is 14.4. The molecule has 0 unspecified atom stereocenters. The summed E-state index contributed by atoms with van der Waals surface area (Å²) in [6, 6.07) is 8.95. The average molecular weight is 401 g/mol. The molecule has 28 heavy (non-hydrogen) atoms. The van der Waals surface area contributed by atoms with Crippen LogP contribution in [0.5, 0.6) is 0 Å². The van der Waals surface area contributed by atoms with Crippen LogP contribution < -0.4 is 15.5 Å². The van der Waals surface area contributed by atoms with Gasteiger partial charge in [0.25, 0.3) is 0 Å². The van der Waals surface area contributed by atoms with Gasteiger partial charge in [-0.1, -0.05) is 12.1 Å². The molecule has 1 aromatic heterocycles. The summed E-state index contributed by atoms with van der Waals surface area (Å²) in [6.45, 7) is 5.30. The van der Waals surface area contributed by atoms with Gasteiger partial charge in [0.2, 0.25) is 5.95 Å². The minimum atomic E-state index is -0.397. The van der Waals surface area contributed by atoms with Gasteiger partial charge in [-0.05, 0) is 30.4 Å². The fourth-order valence-electron chi connectivity index (χ4n) is 3.00. The highest BCUT2D eigenvalue weighted by Gasteiger charge is 2.18. The van der Waals surface area contributed by atoms with Crippen molar-refractivity contribution >= 4 is 34.9 Å². The summed E-state index contributed by atoms with van der Waals surface area (Å²) in [6.07, 6.45) is 3.54. The van der Waals surface area contributed by atoms with Crippen LogP contribution in [0.4, 0.5) is 11.6 Å². The third-order valence-electron chi connectivity index (χ3n) is 4.50. The number of para-hydroxylation sites is 1. The van der Waals surface area contributed by atoms with E-state index in [0.29, 0.717) is 22.9 Å². The van der Waals surface area contributed by atoms with E-state index in [4.69, 9.17) is 17.0 Å². The standard InChI is InChI=1S/C19H24N6O2S/c1-27-17(26)15-5-2-3-6-16(15)23-19(28)22-9-10-24-11-13-25(14-12-24)18-20-7-4-8-21-18/h2-8H,9-14H2,1H3,(H2,22,23,28). The third-order valence-corrected chi connectivity index (χ3v) is 4.75. The molecule has 0 atom stereocenters. The quantitative estimate of drug-likeness (QED) is 0.552. The summed E-state index contributed by atoms with van der Waals surface area (Å²) in [7, 11) is 1.36. The summed E-state index contributed by atoms with van der Waals surface area (Å²) in [4.78, 5) is 25.0. The Bertz CT molecular complexity index is 796. The van der Waals surface area contributed by atoms with E-state index >= 15 is 0 Å². The lowest BCUT2D eigenvalue weighted by Crippen LogP contribution is -2.49. The van der Waals surface area contributed by atoms with Crippen molar-refractivity contribution in [1.29, 1.82) is 0 Å². The molecule has 2 aromatic rings. The second-order valence-electron chi connectivity index (χ2n) is 6.30. The molecule has 1 aliphatic rings. The Morgan fingerprint density at radius 3 is 2.57 bits per heavy atom. The number of hydrogen-bond donors (Lipinski definition) is 2. The topological polar surface area (TPSA) is 82.6 Å². The molecule has 0 saturated carbocycles. The lowest BCUT2D eigenvalue weighted by molar-refractivity contribution is 0.0602. The molecule has 2 N–H and O–H groups in total. The fraction of sp³-hybridized carbons (Fsp3) is 0.368. The Morgan fingerprint density at radius 1 is 1.14 bits per heavy atom. The number of anilines is 2. The number of esters is 1. The number of aromatic nitrogens is 2. The van der Waals surface area contributed by atoms with E-state index in [1.165, 1.54) is 7.11 Å². The van der Waals surface area contributed by atoms with Crippen LogP contribution in [0.3, 0.4) is 0 Å². The zero-order valence-electron chi connectivity index (χ0n) is 15.8. The Labute approximate surface area is 169 Å². The van der Waals surface area contributed by atoms with Crippen LogP contribution >= 0.6 is 12.2 Å². The number of piperazine rings is 1. The second-order valence-corrected chi connectivity index (χ2v) is 6.70. The van der Waals surface area contributed by atoms with Crippen molar-refractivity contribution in [1.82, 2.24) is 20.2 Å². The van der Waals surface area contributed by atoms with Crippen molar-refractivity contribution in [3.63, 3.8) is 0 Å². The highest BCUT2D eigenvalue weighted by atomic mass is 32.1. The second kappa shape index (κ2) is 9.95. The Morgan fingerprint density at radius 2 is 1.86 bits per heavy atom. The zero-order chi connectivity index (χ0) is 19.8. The molecule has 1 aromatic carbocycles. The van der Waals surface area contributed by atoms with E-state index in [-0.39, 0.29) is 0 Å². The smallest absolute Gasteiger partial charge is 0.339 e. The number of ether oxygens (including phenoxy) is 1. The first-order chi connectivity index (χ1) is 13.7.